The zero-order chi connectivity index (χ0) is 13.7. The number of hydrogen-bond acceptors (Lipinski definition) is 3. The van der Waals surface area contributed by atoms with Gasteiger partial charge in [0.05, 0.1) is 0 Å². The van der Waals surface area contributed by atoms with E-state index in [4.69, 9.17) is 9.15 Å². The van der Waals surface area contributed by atoms with Crippen molar-refractivity contribution in [2.24, 2.45) is 5.92 Å². The average Bonchev–Trinajstić information content (AvgIpc) is 2.74. The van der Waals surface area contributed by atoms with Crippen LogP contribution in [0.2, 0.25) is 0 Å². The molecule has 3 heteroatoms. The molecule has 2 aromatic rings. The Morgan fingerprint density at radius 3 is 2.79 bits per heavy atom. The van der Waals surface area contributed by atoms with Gasteiger partial charge >= 0.3 is 0 Å². The third kappa shape index (κ3) is 3.58. The second-order valence-electron chi connectivity index (χ2n) is 5.27. The minimum atomic E-state index is 0.554. The second kappa shape index (κ2) is 6.73. The molecule has 1 aromatic heterocycles. The summed E-state index contributed by atoms with van der Waals surface area (Å²) >= 11 is 0. The van der Waals surface area contributed by atoms with Gasteiger partial charge in [-0.1, -0.05) is 32.0 Å². The highest BCUT2D eigenvalue weighted by molar-refractivity contribution is 5.82. The number of fused-ring (bicyclic) bond motifs is 1. The van der Waals surface area contributed by atoms with Crippen molar-refractivity contribution in [2.75, 3.05) is 13.7 Å². The molecule has 3 nitrogen and oxygen atoms in total. The molecule has 0 aliphatic rings. The quantitative estimate of drug-likeness (QED) is 0.771. The van der Waals surface area contributed by atoms with Gasteiger partial charge in [-0.2, -0.15) is 0 Å². The first-order chi connectivity index (χ1) is 9.22. The lowest BCUT2D eigenvalue weighted by molar-refractivity contribution is 0.0973. The van der Waals surface area contributed by atoms with Crippen LogP contribution in [-0.2, 0) is 17.9 Å². The zero-order valence-corrected chi connectivity index (χ0v) is 12.0. The van der Waals surface area contributed by atoms with Crippen molar-refractivity contribution in [3.05, 3.63) is 35.6 Å². The molecule has 0 unspecified atom stereocenters. The highest BCUT2D eigenvalue weighted by Crippen LogP contribution is 2.26. The lowest BCUT2D eigenvalue weighted by Crippen LogP contribution is -2.07. The van der Waals surface area contributed by atoms with Crippen LogP contribution in [-0.4, -0.2) is 13.7 Å². The zero-order valence-electron chi connectivity index (χ0n) is 12.0. The maximum absolute atomic E-state index is 5.89. The molecule has 0 amide bonds. The summed E-state index contributed by atoms with van der Waals surface area (Å²) in [7, 11) is 1.95. The van der Waals surface area contributed by atoms with Gasteiger partial charge in [-0.3, -0.25) is 0 Å². The third-order valence-corrected chi connectivity index (χ3v) is 3.21. The Morgan fingerprint density at radius 2 is 2.05 bits per heavy atom. The second-order valence-corrected chi connectivity index (χ2v) is 5.27. The highest BCUT2D eigenvalue weighted by atomic mass is 16.5. The van der Waals surface area contributed by atoms with Crippen molar-refractivity contribution in [3.63, 3.8) is 0 Å². The number of benzene rings is 1. The summed E-state index contributed by atoms with van der Waals surface area (Å²) in [6, 6.07) is 8.15. The Hall–Kier alpha value is -1.32. The Balaban J connectivity index is 2.10. The molecular formula is C16H23NO2. The Bertz CT molecular complexity index is 516. The largest absolute Gasteiger partial charge is 0.458 e. The monoisotopic (exact) mass is 261 g/mol. The van der Waals surface area contributed by atoms with E-state index < -0.39 is 0 Å². The van der Waals surface area contributed by atoms with E-state index in [0.717, 1.165) is 30.9 Å². The fraction of sp³-hybridized carbons (Fsp3) is 0.500. The predicted octanol–water partition coefficient (Wildman–Crippen LogP) is 3.71. The van der Waals surface area contributed by atoms with Gasteiger partial charge < -0.3 is 14.5 Å². The molecule has 1 aromatic carbocycles. The van der Waals surface area contributed by atoms with Gasteiger partial charge in [0.25, 0.3) is 0 Å². The van der Waals surface area contributed by atoms with Crippen LogP contribution >= 0.6 is 0 Å². The molecule has 0 saturated heterocycles. The van der Waals surface area contributed by atoms with Gasteiger partial charge in [0, 0.05) is 24.1 Å². The fourth-order valence-electron chi connectivity index (χ4n) is 2.12. The first kappa shape index (κ1) is 14.1. The SMILES string of the molecule is CNCc1c(COCCC(C)C)oc2ccccc12. The summed E-state index contributed by atoms with van der Waals surface area (Å²) in [5.41, 5.74) is 2.15. The van der Waals surface area contributed by atoms with Crippen LogP contribution in [0.5, 0.6) is 0 Å². The van der Waals surface area contributed by atoms with Crippen molar-refractivity contribution in [3.8, 4) is 0 Å². The lowest BCUT2D eigenvalue weighted by atomic mass is 10.1. The van der Waals surface area contributed by atoms with Crippen molar-refractivity contribution >= 4 is 11.0 Å². The summed E-state index contributed by atoms with van der Waals surface area (Å²) in [6.07, 6.45) is 1.08. The molecule has 19 heavy (non-hydrogen) atoms. The van der Waals surface area contributed by atoms with Gasteiger partial charge in [-0.25, -0.2) is 0 Å². The number of hydrogen-bond donors (Lipinski definition) is 1. The van der Waals surface area contributed by atoms with Gasteiger partial charge in [0.2, 0.25) is 0 Å². The van der Waals surface area contributed by atoms with E-state index >= 15 is 0 Å². The van der Waals surface area contributed by atoms with Crippen LogP contribution in [0.1, 0.15) is 31.6 Å². The molecule has 0 saturated carbocycles. The normalized spacial score (nSPS) is 11.6. The van der Waals surface area contributed by atoms with Crippen LogP contribution in [0.4, 0.5) is 0 Å². The van der Waals surface area contributed by atoms with E-state index in [2.05, 4.69) is 25.2 Å². The van der Waals surface area contributed by atoms with Crippen LogP contribution in [0.3, 0.4) is 0 Å². The Kier molecular flexibility index (Phi) is 5.00. The van der Waals surface area contributed by atoms with E-state index in [9.17, 15) is 0 Å². The number of furan rings is 1. The van der Waals surface area contributed by atoms with Crippen molar-refractivity contribution in [1.82, 2.24) is 5.32 Å². The molecule has 104 valence electrons. The summed E-state index contributed by atoms with van der Waals surface area (Å²) in [5, 5.41) is 4.38. The molecule has 0 bridgehead atoms. The van der Waals surface area contributed by atoms with Crippen molar-refractivity contribution in [1.29, 1.82) is 0 Å². The van der Waals surface area contributed by atoms with E-state index in [0.29, 0.717) is 12.5 Å². The summed E-state index contributed by atoms with van der Waals surface area (Å²) < 4.78 is 11.6. The molecule has 1 N–H and O–H groups in total. The number of para-hydroxylation sites is 1. The molecule has 2 rings (SSSR count). The minimum absolute atomic E-state index is 0.554. The smallest absolute Gasteiger partial charge is 0.135 e. The van der Waals surface area contributed by atoms with E-state index in [1.807, 2.05) is 25.2 Å². The van der Waals surface area contributed by atoms with Crippen LogP contribution in [0.15, 0.2) is 28.7 Å². The van der Waals surface area contributed by atoms with E-state index in [-0.39, 0.29) is 0 Å². The van der Waals surface area contributed by atoms with Crippen molar-refractivity contribution < 1.29 is 9.15 Å². The first-order valence-electron chi connectivity index (χ1n) is 6.94. The Morgan fingerprint density at radius 1 is 1.26 bits per heavy atom. The maximum Gasteiger partial charge on any atom is 0.135 e. The topological polar surface area (TPSA) is 34.4 Å². The van der Waals surface area contributed by atoms with Gasteiger partial charge in [-0.15, -0.1) is 0 Å². The third-order valence-electron chi connectivity index (χ3n) is 3.21. The predicted molar refractivity (Wildman–Crippen MR) is 78.1 cm³/mol. The summed E-state index contributed by atoms with van der Waals surface area (Å²) in [4.78, 5) is 0. The number of nitrogens with one attached hydrogen (secondary N) is 1. The molecule has 1 heterocycles. The van der Waals surface area contributed by atoms with Gasteiger partial charge in [0.15, 0.2) is 0 Å². The lowest BCUT2D eigenvalue weighted by Gasteiger charge is -2.06. The molecule has 0 aliphatic heterocycles. The van der Waals surface area contributed by atoms with Gasteiger partial charge in [-0.05, 0) is 25.5 Å². The highest BCUT2D eigenvalue weighted by Gasteiger charge is 2.13. The number of ether oxygens (including phenoxy) is 1. The van der Waals surface area contributed by atoms with E-state index in [1.165, 1.54) is 10.9 Å². The van der Waals surface area contributed by atoms with Crippen LogP contribution in [0, 0.1) is 5.92 Å². The minimum Gasteiger partial charge on any atom is -0.458 e. The van der Waals surface area contributed by atoms with E-state index in [1.54, 1.807) is 0 Å². The molecule has 0 fully saturated rings. The number of rotatable bonds is 7. The van der Waals surface area contributed by atoms with Crippen LogP contribution in [0.25, 0.3) is 11.0 Å². The molecule has 0 radical (unpaired) electrons. The average molecular weight is 261 g/mol. The van der Waals surface area contributed by atoms with Crippen LogP contribution < -0.4 is 5.32 Å². The summed E-state index contributed by atoms with van der Waals surface area (Å²) in [6.45, 7) is 6.56. The molecule has 0 aliphatic carbocycles. The molecule has 0 atom stereocenters. The standard InChI is InChI=1S/C16H23NO2/c1-12(2)8-9-18-11-16-14(10-17-3)13-6-4-5-7-15(13)19-16/h4-7,12,17H,8-11H2,1-3H3. The maximum atomic E-state index is 5.89. The Labute approximate surface area is 114 Å². The molecular weight excluding hydrogens is 238 g/mol. The fourth-order valence-corrected chi connectivity index (χ4v) is 2.12. The summed E-state index contributed by atoms with van der Waals surface area (Å²) in [5.74, 6) is 1.62. The van der Waals surface area contributed by atoms with Crippen molar-refractivity contribution in [2.45, 2.75) is 33.4 Å². The molecule has 0 spiro atoms. The first-order valence-corrected chi connectivity index (χ1v) is 6.94. The van der Waals surface area contributed by atoms with Gasteiger partial charge in [0.1, 0.15) is 18.0 Å².